The molecule has 1 atom stereocenters. The van der Waals surface area contributed by atoms with Crippen molar-refractivity contribution in [3.8, 4) is 11.4 Å². The SMILES string of the molecule is CCOc1ccccc1-n1ccc([C@H]2OCCN2Cc2ccccc2)c1. The van der Waals surface area contributed by atoms with Crippen LogP contribution in [0.25, 0.3) is 5.69 Å². The van der Waals surface area contributed by atoms with Gasteiger partial charge in [0.15, 0.2) is 0 Å². The van der Waals surface area contributed by atoms with Crippen LogP contribution < -0.4 is 4.74 Å². The summed E-state index contributed by atoms with van der Waals surface area (Å²) >= 11 is 0. The van der Waals surface area contributed by atoms with E-state index in [0.29, 0.717) is 6.61 Å². The molecule has 0 radical (unpaired) electrons. The van der Waals surface area contributed by atoms with E-state index in [4.69, 9.17) is 9.47 Å². The molecule has 0 amide bonds. The van der Waals surface area contributed by atoms with E-state index in [1.54, 1.807) is 0 Å². The molecule has 2 aromatic carbocycles. The number of ether oxygens (including phenoxy) is 2. The second-order valence-electron chi connectivity index (χ2n) is 6.43. The molecule has 4 nitrogen and oxygen atoms in total. The fourth-order valence-electron chi connectivity index (χ4n) is 3.45. The first-order valence-electron chi connectivity index (χ1n) is 9.15. The van der Waals surface area contributed by atoms with E-state index < -0.39 is 0 Å². The quantitative estimate of drug-likeness (QED) is 0.660. The van der Waals surface area contributed by atoms with Gasteiger partial charge in [0.25, 0.3) is 0 Å². The topological polar surface area (TPSA) is 26.6 Å². The van der Waals surface area contributed by atoms with Crippen LogP contribution in [0.4, 0.5) is 0 Å². The van der Waals surface area contributed by atoms with Crippen molar-refractivity contribution in [2.75, 3.05) is 19.8 Å². The van der Waals surface area contributed by atoms with Gasteiger partial charge in [0.05, 0.1) is 18.9 Å². The maximum Gasteiger partial charge on any atom is 0.143 e. The summed E-state index contributed by atoms with van der Waals surface area (Å²) in [6, 6.07) is 20.8. The Bertz CT molecular complexity index is 844. The van der Waals surface area contributed by atoms with Gasteiger partial charge in [-0.05, 0) is 30.7 Å². The second kappa shape index (κ2) is 7.77. The highest BCUT2D eigenvalue weighted by molar-refractivity contribution is 5.47. The Labute approximate surface area is 154 Å². The Morgan fingerprint density at radius 1 is 1.04 bits per heavy atom. The third-order valence-corrected chi connectivity index (χ3v) is 4.66. The van der Waals surface area contributed by atoms with Crippen molar-refractivity contribution in [3.05, 3.63) is 84.2 Å². The monoisotopic (exact) mass is 348 g/mol. The molecular formula is C22H24N2O2. The van der Waals surface area contributed by atoms with Crippen molar-refractivity contribution in [2.45, 2.75) is 19.7 Å². The van der Waals surface area contributed by atoms with E-state index in [2.05, 4.69) is 64.3 Å². The number of nitrogens with zero attached hydrogens (tertiary/aromatic N) is 2. The van der Waals surface area contributed by atoms with E-state index in [9.17, 15) is 0 Å². The molecule has 134 valence electrons. The standard InChI is InChI=1S/C22H24N2O2/c1-2-25-21-11-7-6-10-20(21)23-13-12-19(17-23)22-24(14-15-26-22)16-18-8-4-3-5-9-18/h3-13,17,22H,2,14-16H2,1H3/t22-/m1/s1. The summed E-state index contributed by atoms with van der Waals surface area (Å²) in [6.07, 6.45) is 4.22. The van der Waals surface area contributed by atoms with Crippen molar-refractivity contribution >= 4 is 0 Å². The zero-order chi connectivity index (χ0) is 17.8. The Morgan fingerprint density at radius 3 is 2.69 bits per heavy atom. The predicted octanol–water partition coefficient (Wildman–Crippen LogP) is 4.41. The maximum atomic E-state index is 6.03. The van der Waals surface area contributed by atoms with Gasteiger partial charge in [-0.15, -0.1) is 0 Å². The highest BCUT2D eigenvalue weighted by atomic mass is 16.5. The second-order valence-corrected chi connectivity index (χ2v) is 6.43. The molecule has 0 spiro atoms. The smallest absolute Gasteiger partial charge is 0.143 e. The zero-order valence-corrected chi connectivity index (χ0v) is 15.0. The lowest BCUT2D eigenvalue weighted by Gasteiger charge is -2.22. The van der Waals surface area contributed by atoms with Crippen LogP contribution in [-0.4, -0.2) is 29.2 Å². The molecule has 1 saturated heterocycles. The fourth-order valence-corrected chi connectivity index (χ4v) is 3.45. The van der Waals surface area contributed by atoms with Gasteiger partial charge in [-0.1, -0.05) is 42.5 Å². The number of hydrogen-bond acceptors (Lipinski definition) is 3. The Balaban J connectivity index is 1.56. The highest BCUT2D eigenvalue weighted by Crippen LogP contribution is 2.31. The van der Waals surface area contributed by atoms with Crippen LogP contribution in [0, 0.1) is 0 Å². The number of benzene rings is 2. The minimum atomic E-state index is -0.00397. The Morgan fingerprint density at radius 2 is 1.85 bits per heavy atom. The number of hydrogen-bond donors (Lipinski definition) is 0. The normalized spacial score (nSPS) is 17.5. The summed E-state index contributed by atoms with van der Waals surface area (Å²) in [6.45, 7) is 5.26. The van der Waals surface area contributed by atoms with Gasteiger partial charge in [-0.2, -0.15) is 0 Å². The average molecular weight is 348 g/mol. The van der Waals surface area contributed by atoms with Crippen LogP contribution in [0.3, 0.4) is 0 Å². The number of para-hydroxylation sites is 2. The maximum absolute atomic E-state index is 6.03. The summed E-state index contributed by atoms with van der Waals surface area (Å²) in [5.74, 6) is 0.894. The van der Waals surface area contributed by atoms with Crippen LogP contribution in [-0.2, 0) is 11.3 Å². The molecule has 0 N–H and O–H groups in total. The van der Waals surface area contributed by atoms with Crippen LogP contribution >= 0.6 is 0 Å². The molecule has 26 heavy (non-hydrogen) atoms. The van der Waals surface area contributed by atoms with Gasteiger partial charge in [0.2, 0.25) is 0 Å². The molecule has 4 heteroatoms. The molecular weight excluding hydrogens is 324 g/mol. The van der Waals surface area contributed by atoms with Crippen molar-refractivity contribution < 1.29 is 9.47 Å². The van der Waals surface area contributed by atoms with Crippen LogP contribution in [0.15, 0.2) is 73.1 Å². The average Bonchev–Trinajstić information content (AvgIpc) is 3.32. The van der Waals surface area contributed by atoms with Gasteiger partial charge in [-0.25, -0.2) is 0 Å². The largest absolute Gasteiger partial charge is 0.492 e. The Kier molecular flexibility index (Phi) is 5.04. The zero-order valence-electron chi connectivity index (χ0n) is 15.0. The van der Waals surface area contributed by atoms with Crippen LogP contribution in [0.5, 0.6) is 5.75 Å². The summed E-state index contributed by atoms with van der Waals surface area (Å²) in [7, 11) is 0. The molecule has 0 bridgehead atoms. The summed E-state index contributed by atoms with van der Waals surface area (Å²) in [4.78, 5) is 2.38. The van der Waals surface area contributed by atoms with Crippen molar-refractivity contribution in [1.29, 1.82) is 0 Å². The van der Waals surface area contributed by atoms with Crippen LogP contribution in [0.1, 0.15) is 24.3 Å². The summed E-state index contributed by atoms with van der Waals surface area (Å²) in [5.41, 5.74) is 3.53. The summed E-state index contributed by atoms with van der Waals surface area (Å²) < 4.78 is 13.9. The van der Waals surface area contributed by atoms with Gasteiger partial charge in [0.1, 0.15) is 12.0 Å². The highest BCUT2D eigenvalue weighted by Gasteiger charge is 2.27. The van der Waals surface area contributed by atoms with E-state index in [0.717, 1.165) is 31.1 Å². The summed E-state index contributed by atoms with van der Waals surface area (Å²) in [5, 5.41) is 0. The molecule has 0 aliphatic carbocycles. The van der Waals surface area contributed by atoms with Gasteiger partial charge in [0, 0.05) is 31.0 Å². The third kappa shape index (κ3) is 3.52. The molecule has 1 fully saturated rings. The number of rotatable bonds is 6. The first-order chi connectivity index (χ1) is 12.8. The van der Waals surface area contributed by atoms with E-state index >= 15 is 0 Å². The predicted molar refractivity (Wildman–Crippen MR) is 102 cm³/mol. The van der Waals surface area contributed by atoms with E-state index in [-0.39, 0.29) is 6.23 Å². The van der Waals surface area contributed by atoms with E-state index in [1.807, 2.05) is 25.1 Å². The molecule has 1 aliphatic heterocycles. The third-order valence-electron chi connectivity index (χ3n) is 4.66. The molecule has 1 aromatic heterocycles. The van der Waals surface area contributed by atoms with Gasteiger partial charge < -0.3 is 14.0 Å². The van der Waals surface area contributed by atoms with Crippen molar-refractivity contribution in [1.82, 2.24) is 9.47 Å². The molecule has 4 rings (SSSR count). The lowest BCUT2D eigenvalue weighted by molar-refractivity contribution is 0.0288. The molecule has 2 heterocycles. The Hall–Kier alpha value is -2.56. The van der Waals surface area contributed by atoms with Gasteiger partial charge >= 0.3 is 0 Å². The van der Waals surface area contributed by atoms with Crippen LogP contribution in [0.2, 0.25) is 0 Å². The minimum absolute atomic E-state index is 0.00397. The minimum Gasteiger partial charge on any atom is -0.492 e. The lowest BCUT2D eigenvalue weighted by atomic mass is 10.2. The fraction of sp³-hybridized carbons (Fsp3) is 0.273. The molecule has 0 saturated carbocycles. The van der Waals surface area contributed by atoms with E-state index in [1.165, 1.54) is 11.1 Å². The molecule has 0 unspecified atom stereocenters. The first-order valence-corrected chi connectivity index (χ1v) is 9.15. The molecule has 3 aromatic rings. The van der Waals surface area contributed by atoms with Crippen molar-refractivity contribution in [2.24, 2.45) is 0 Å². The molecule has 1 aliphatic rings. The lowest BCUT2D eigenvalue weighted by Crippen LogP contribution is -2.23. The first kappa shape index (κ1) is 16.9. The van der Waals surface area contributed by atoms with Crippen molar-refractivity contribution in [3.63, 3.8) is 0 Å². The van der Waals surface area contributed by atoms with Gasteiger partial charge in [-0.3, -0.25) is 4.90 Å². The number of aromatic nitrogens is 1.